The zero-order chi connectivity index (χ0) is 13.8. The van der Waals surface area contributed by atoms with E-state index in [2.05, 4.69) is 5.32 Å². The Morgan fingerprint density at radius 2 is 2.11 bits per heavy atom. The molecule has 19 heavy (non-hydrogen) atoms. The van der Waals surface area contributed by atoms with Gasteiger partial charge in [0.05, 0.1) is 14.2 Å². The molecule has 3 nitrogen and oxygen atoms in total. The van der Waals surface area contributed by atoms with Crippen LogP contribution in [0, 0.1) is 0 Å². The largest absolute Gasteiger partial charge is 0.493 e. The first-order chi connectivity index (χ1) is 9.17. The molecule has 4 heteroatoms. The highest BCUT2D eigenvalue weighted by atomic mass is 19.1. The maximum absolute atomic E-state index is 13.8. The van der Waals surface area contributed by atoms with Gasteiger partial charge in [-0.3, -0.25) is 0 Å². The van der Waals surface area contributed by atoms with E-state index in [-0.39, 0.29) is 0 Å². The smallest absolute Gasteiger partial charge is 0.166 e. The lowest BCUT2D eigenvalue weighted by Crippen LogP contribution is -2.28. The number of rotatable bonds is 4. The average molecular weight is 267 g/mol. The SMILES string of the molecule is COc1cc(C2CCCNC2)cc(C(C)F)c1OC. The number of methoxy groups -OCH3 is 2. The van der Waals surface area contributed by atoms with Crippen molar-refractivity contribution in [3.63, 3.8) is 0 Å². The van der Waals surface area contributed by atoms with Crippen LogP contribution in [0.4, 0.5) is 4.39 Å². The molecule has 0 radical (unpaired) electrons. The molecule has 0 spiro atoms. The van der Waals surface area contributed by atoms with E-state index in [4.69, 9.17) is 9.47 Å². The molecule has 1 aliphatic heterocycles. The molecule has 1 aliphatic rings. The van der Waals surface area contributed by atoms with Gasteiger partial charge in [0.1, 0.15) is 6.17 Å². The summed E-state index contributed by atoms with van der Waals surface area (Å²) in [7, 11) is 3.14. The van der Waals surface area contributed by atoms with Crippen molar-refractivity contribution in [2.75, 3.05) is 27.3 Å². The molecule has 0 bridgehead atoms. The van der Waals surface area contributed by atoms with Gasteiger partial charge in [0.25, 0.3) is 0 Å². The van der Waals surface area contributed by atoms with Crippen molar-refractivity contribution in [3.8, 4) is 11.5 Å². The van der Waals surface area contributed by atoms with E-state index in [1.54, 1.807) is 14.2 Å². The predicted molar refractivity (Wildman–Crippen MR) is 73.9 cm³/mol. The van der Waals surface area contributed by atoms with Crippen LogP contribution in [0.25, 0.3) is 0 Å². The monoisotopic (exact) mass is 267 g/mol. The summed E-state index contributed by atoms with van der Waals surface area (Å²) in [5, 5.41) is 3.38. The molecule has 1 heterocycles. The second-order valence-corrected chi connectivity index (χ2v) is 5.00. The van der Waals surface area contributed by atoms with Crippen LogP contribution in [0.2, 0.25) is 0 Å². The first-order valence-electron chi connectivity index (χ1n) is 6.78. The van der Waals surface area contributed by atoms with Gasteiger partial charge >= 0.3 is 0 Å². The molecular formula is C15H22FNO2. The Labute approximate surface area is 114 Å². The van der Waals surface area contributed by atoms with E-state index in [9.17, 15) is 4.39 Å². The number of alkyl halides is 1. The van der Waals surface area contributed by atoms with Crippen molar-refractivity contribution in [3.05, 3.63) is 23.3 Å². The summed E-state index contributed by atoms with van der Waals surface area (Å²) in [6, 6.07) is 3.89. The van der Waals surface area contributed by atoms with E-state index >= 15 is 0 Å². The molecule has 0 saturated carbocycles. The van der Waals surface area contributed by atoms with Crippen molar-refractivity contribution in [1.29, 1.82) is 0 Å². The topological polar surface area (TPSA) is 30.5 Å². The fourth-order valence-corrected chi connectivity index (χ4v) is 2.68. The van der Waals surface area contributed by atoms with Gasteiger partial charge in [-0.1, -0.05) is 0 Å². The van der Waals surface area contributed by atoms with Crippen molar-refractivity contribution < 1.29 is 13.9 Å². The number of hydrogen-bond acceptors (Lipinski definition) is 3. The lowest BCUT2D eigenvalue weighted by Gasteiger charge is -2.25. The van der Waals surface area contributed by atoms with E-state index < -0.39 is 6.17 Å². The van der Waals surface area contributed by atoms with Crippen molar-refractivity contribution in [2.45, 2.75) is 31.9 Å². The molecule has 1 N–H and O–H groups in total. The third kappa shape index (κ3) is 3.00. The van der Waals surface area contributed by atoms with Gasteiger partial charge in [0.2, 0.25) is 0 Å². The van der Waals surface area contributed by atoms with Gasteiger partial charge < -0.3 is 14.8 Å². The van der Waals surface area contributed by atoms with Crippen LogP contribution >= 0.6 is 0 Å². The quantitative estimate of drug-likeness (QED) is 0.908. The minimum absolute atomic E-state index is 0.422. The van der Waals surface area contributed by atoms with E-state index in [0.29, 0.717) is 23.0 Å². The minimum atomic E-state index is -1.07. The van der Waals surface area contributed by atoms with Gasteiger partial charge in [0, 0.05) is 12.1 Å². The standard InChI is InChI=1S/C15H22FNO2/c1-10(16)13-7-12(11-5-4-6-17-9-11)8-14(18-2)15(13)19-3/h7-8,10-11,17H,4-6,9H2,1-3H3. The Balaban J connectivity index is 2.41. The van der Waals surface area contributed by atoms with Gasteiger partial charge in [0.15, 0.2) is 11.5 Å². The summed E-state index contributed by atoms with van der Waals surface area (Å²) in [4.78, 5) is 0. The van der Waals surface area contributed by atoms with Crippen molar-refractivity contribution in [2.24, 2.45) is 0 Å². The lowest BCUT2D eigenvalue weighted by atomic mass is 9.89. The zero-order valence-electron chi connectivity index (χ0n) is 11.8. The van der Waals surface area contributed by atoms with Crippen LogP contribution in [-0.4, -0.2) is 27.3 Å². The fraction of sp³-hybridized carbons (Fsp3) is 0.600. The third-order valence-corrected chi connectivity index (χ3v) is 3.73. The van der Waals surface area contributed by atoms with Crippen molar-refractivity contribution >= 4 is 0 Å². The Kier molecular flexibility index (Phi) is 4.64. The molecule has 1 aromatic carbocycles. The summed E-state index contributed by atoms with van der Waals surface area (Å²) in [5.74, 6) is 1.54. The molecule has 0 aromatic heterocycles. The molecule has 0 aliphatic carbocycles. The number of ether oxygens (including phenoxy) is 2. The molecule has 106 valence electrons. The maximum Gasteiger partial charge on any atom is 0.166 e. The zero-order valence-corrected chi connectivity index (χ0v) is 11.8. The van der Waals surface area contributed by atoms with Crippen LogP contribution < -0.4 is 14.8 Å². The van der Waals surface area contributed by atoms with Crippen LogP contribution in [0.15, 0.2) is 12.1 Å². The van der Waals surface area contributed by atoms with Crippen molar-refractivity contribution in [1.82, 2.24) is 5.32 Å². The molecule has 2 rings (SSSR count). The average Bonchev–Trinajstić information content (AvgIpc) is 2.46. The lowest BCUT2D eigenvalue weighted by molar-refractivity contribution is 0.322. The molecule has 2 unspecified atom stereocenters. The van der Waals surface area contributed by atoms with Crippen LogP contribution in [-0.2, 0) is 0 Å². The molecular weight excluding hydrogens is 245 g/mol. The van der Waals surface area contributed by atoms with Crippen LogP contribution in [0.3, 0.4) is 0 Å². The highest BCUT2D eigenvalue weighted by molar-refractivity contribution is 5.51. The van der Waals surface area contributed by atoms with Crippen LogP contribution in [0.1, 0.15) is 43.0 Å². The van der Waals surface area contributed by atoms with Gasteiger partial charge in [-0.2, -0.15) is 0 Å². The van der Waals surface area contributed by atoms with E-state index in [1.807, 2.05) is 12.1 Å². The van der Waals surface area contributed by atoms with Gasteiger partial charge in [-0.25, -0.2) is 4.39 Å². The summed E-state index contributed by atoms with van der Waals surface area (Å²) in [5.41, 5.74) is 1.70. The summed E-state index contributed by atoms with van der Waals surface area (Å²) < 4.78 is 24.4. The number of piperidine rings is 1. The molecule has 1 aromatic rings. The highest BCUT2D eigenvalue weighted by Gasteiger charge is 2.22. The second-order valence-electron chi connectivity index (χ2n) is 5.00. The summed E-state index contributed by atoms with van der Waals surface area (Å²) in [6.07, 6.45) is 1.21. The Morgan fingerprint density at radius 3 is 2.63 bits per heavy atom. The molecule has 0 amide bonds. The molecule has 1 fully saturated rings. The Hall–Kier alpha value is -1.29. The van der Waals surface area contributed by atoms with E-state index in [1.165, 1.54) is 6.92 Å². The first-order valence-corrected chi connectivity index (χ1v) is 6.78. The number of halogens is 1. The number of benzene rings is 1. The maximum atomic E-state index is 13.8. The number of nitrogens with one attached hydrogen (secondary N) is 1. The fourth-order valence-electron chi connectivity index (χ4n) is 2.68. The number of hydrogen-bond donors (Lipinski definition) is 1. The normalized spacial score (nSPS) is 20.9. The summed E-state index contributed by atoms with van der Waals surface area (Å²) in [6.45, 7) is 3.53. The molecule has 1 saturated heterocycles. The Morgan fingerprint density at radius 1 is 1.32 bits per heavy atom. The third-order valence-electron chi connectivity index (χ3n) is 3.73. The second kappa shape index (κ2) is 6.24. The molecule has 2 atom stereocenters. The summed E-state index contributed by atoms with van der Waals surface area (Å²) >= 11 is 0. The van der Waals surface area contributed by atoms with Gasteiger partial charge in [-0.05, 0) is 49.9 Å². The minimum Gasteiger partial charge on any atom is -0.493 e. The Bertz CT molecular complexity index is 428. The van der Waals surface area contributed by atoms with Crippen LogP contribution in [0.5, 0.6) is 11.5 Å². The highest BCUT2D eigenvalue weighted by Crippen LogP contribution is 2.40. The first kappa shape index (κ1) is 14.1. The van der Waals surface area contributed by atoms with E-state index in [0.717, 1.165) is 31.5 Å². The van der Waals surface area contributed by atoms with Gasteiger partial charge in [-0.15, -0.1) is 0 Å². The predicted octanol–water partition coefficient (Wildman–Crippen LogP) is 3.20.